The lowest BCUT2D eigenvalue weighted by Gasteiger charge is -2.16. The number of carbonyl (C=O) groups is 1. The van der Waals surface area contributed by atoms with Crippen LogP contribution in [0.25, 0.3) is 0 Å². The first kappa shape index (κ1) is 22.5. The third kappa shape index (κ3) is 6.14. The number of benzene rings is 2. The van der Waals surface area contributed by atoms with Crippen LogP contribution in [0.2, 0.25) is 0 Å². The van der Waals surface area contributed by atoms with E-state index in [2.05, 4.69) is 15.5 Å². The average molecular weight is 443 g/mol. The summed E-state index contributed by atoms with van der Waals surface area (Å²) in [5, 5.41) is 6.86. The predicted octanol–water partition coefficient (Wildman–Crippen LogP) is 3.36. The predicted molar refractivity (Wildman–Crippen MR) is 120 cm³/mol. The topological polar surface area (TPSA) is 105 Å². The van der Waals surface area contributed by atoms with Crippen LogP contribution in [0.3, 0.4) is 0 Å². The van der Waals surface area contributed by atoms with Crippen molar-refractivity contribution in [3.8, 4) is 0 Å². The van der Waals surface area contributed by atoms with Crippen molar-refractivity contribution in [2.24, 2.45) is 0 Å². The molecule has 1 aromatic heterocycles. The Balaban J connectivity index is 1.55. The van der Waals surface area contributed by atoms with E-state index in [9.17, 15) is 13.2 Å². The number of hydrogen-bond donors (Lipinski definition) is 1. The fourth-order valence-electron chi connectivity index (χ4n) is 2.87. The van der Waals surface area contributed by atoms with Crippen LogP contribution < -0.4 is 9.62 Å². The second-order valence-corrected chi connectivity index (χ2v) is 9.71. The summed E-state index contributed by atoms with van der Waals surface area (Å²) < 4.78 is 29.6. The van der Waals surface area contributed by atoms with Crippen LogP contribution in [-0.4, -0.2) is 37.8 Å². The van der Waals surface area contributed by atoms with Gasteiger partial charge in [-0.2, -0.15) is 4.98 Å². The number of aromatic nitrogens is 2. The Bertz CT molecular complexity index is 1140. The summed E-state index contributed by atoms with van der Waals surface area (Å²) in [5.74, 6) is 1.28. The first-order valence-corrected chi connectivity index (χ1v) is 11.7. The third-order valence-corrected chi connectivity index (χ3v) is 5.95. The molecular formula is C22H26N4O4S. The van der Waals surface area contributed by atoms with Gasteiger partial charge in [-0.15, -0.1) is 0 Å². The van der Waals surface area contributed by atoms with Gasteiger partial charge in [-0.1, -0.05) is 43.3 Å². The second kappa shape index (κ2) is 9.30. The molecule has 0 bridgehead atoms. The zero-order chi connectivity index (χ0) is 22.6. The smallest absolute Gasteiger partial charge is 0.231 e. The lowest BCUT2D eigenvalue weighted by atomic mass is 10.1. The molecular weight excluding hydrogens is 416 g/mol. The number of sulfonamides is 1. The van der Waals surface area contributed by atoms with Crippen LogP contribution in [0.5, 0.6) is 0 Å². The molecule has 3 rings (SSSR count). The van der Waals surface area contributed by atoms with Crippen molar-refractivity contribution < 1.29 is 17.7 Å². The first-order valence-electron chi connectivity index (χ1n) is 9.86. The number of amides is 1. The molecule has 0 aliphatic rings. The summed E-state index contributed by atoms with van der Waals surface area (Å²) in [7, 11) is -1.83. The lowest BCUT2D eigenvalue weighted by Crippen LogP contribution is -2.24. The molecule has 1 heterocycles. The molecule has 0 aliphatic heterocycles. The van der Waals surface area contributed by atoms with Gasteiger partial charge in [-0.05, 0) is 35.4 Å². The highest BCUT2D eigenvalue weighted by atomic mass is 32.2. The van der Waals surface area contributed by atoms with Crippen molar-refractivity contribution in [3.63, 3.8) is 0 Å². The Hall–Kier alpha value is -3.20. The van der Waals surface area contributed by atoms with Crippen LogP contribution >= 0.6 is 0 Å². The van der Waals surface area contributed by atoms with Crippen LogP contribution in [0.15, 0.2) is 53.1 Å². The van der Waals surface area contributed by atoms with E-state index < -0.39 is 10.0 Å². The number of rotatable bonds is 8. The summed E-state index contributed by atoms with van der Waals surface area (Å²) in [6.07, 6.45) is 1.88. The summed E-state index contributed by atoms with van der Waals surface area (Å²) in [4.78, 5) is 16.7. The Labute approximate surface area is 182 Å². The van der Waals surface area contributed by atoms with E-state index in [1.807, 2.05) is 38.1 Å². The molecule has 0 radical (unpaired) electrons. The first-order chi connectivity index (χ1) is 14.6. The molecule has 2 aromatic carbocycles. The molecule has 31 heavy (non-hydrogen) atoms. The van der Waals surface area contributed by atoms with Crippen molar-refractivity contribution >= 4 is 27.3 Å². The maximum absolute atomic E-state index is 12.4. The van der Waals surface area contributed by atoms with Crippen molar-refractivity contribution in [3.05, 3.63) is 71.4 Å². The van der Waals surface area contributed by atoms with E-state index in [1.54, 1.807) is 24.3 Å². The Morgan fingerprint density at radius 1 is 1.06 bits per heavy atom. The van der Waals surface area contributed by atoms with E-state index in [4.69, 9.17) is 4.52 Å². The van der Waals surface area contributed by atoms with Crippen LogP contribution in [0, 0.1) is 0 Å². The zero-order valence-corrected chi connectivity index (χ0v) is 18.8. The van der Waals surface area contributed by atoms with Crippen LogP contribution in [0.4, 0.5) is 11.4 Å². The van der Waals surface area contributed by atoms with E-state index in [-0.39, 0.29) is 18.2 Å². The number of hydrogen-bond acceptors (Lipinski definition) is 6. The van der Waals surface area contributed by atoms with Gasteiger partial charge in [0.25, 0.3) is 0 Å². The average Bonchev–Trinajstić information content (AvgIpc) is 3.18. The van der Waals surface area contributed by atoms with E-state index in [1.165, 1.54) is 11.4 Å². The van der Waals surface area contributed by atoms with Gasteiger partial charge in [-0.3, -0.25) is 9.10 Å². The maximum atomic E-state index is 12.4. The SMILES string of the molecule is CC(C)c1nc(Cc2ccc(NC(=O)Cc3ccc(N(C)S(C)(=O)=O)cc3)cc2)no1. The van der Waals surface area contributed by atoms with Gasteiger partial charge in [-0.25, -0.2) is 8.42 Å². The zero-order valence-electron chi connectivity index (χ0n) is 18.0. The molecule has 0 saturated heterocycles. The van der Waals surface area contributed by atoms with Gasteiger partial charge in [0.1, 0.15) is 0 Å². The van der Waals surface area contributed by atoms with Crippen molar-refractivity contribution in [1.82, 2.24) is 10.1 Å². The van der Waals surface area contributed by atoms with Gasteiger partial charge < -0.3 is 9.84 Å². The highest BCUT2D eigenvalue weighted by Gasteiger charge is 2.13. The molecule has 0 aliphatic carbocycles. The van der Waals surface area contributed by atoms with Gasteiger partial charge in [0.2, 0.25) is 21.8 Å². The van der Waals surface area contributed by atoms with Gasteiger partial charge in [0.05, 0.1) is 18.4 Å². The lowest BCUT2D eigenvalue weighted by molar-refractivity contribution is -0.115. The quantitative estimate of drug-likeness (QED) is 0.573. The van der Waals surface area contributed by atoms with E-state index in [0.717, 1.165) is 17.4 Å². The normalized spacial score (nSPS) is 11.5. The van der Waals surface area contributed by atoms with Crippen LogP contribution in [-0.2, 0) is 27.7 Å². The minimum atomic E-state index is -3.32. The van der Waals surface area contributed by atoms with Gasteiger partial charge in [0.15, 0.2) is 5.82 Å². The highest BCUT2D eigenvalue weighted by Crippen LogP contribution is 2.18. The molecule has 0 unspecified atom stereocenters. The molecule has 0 fully saturated rings. The minimum absolute atomic E-state index is 0.156. The Morgan fingerprint density at radius 2 is 1.68 bits per heavy atom. The largest absolute Gasteiger partial charge is 0.339 e. The van der Waals surface area contributed by atoms with Crippen molar-refractivity contribution in [2.75, 3.05) is 22.9 Å². The van der Waals surface area contributed by atoms with E-state index in [0.29, 0.717) is 29.5 Å². The van der Waals surface area contributed by atoms with Gasteiger partial charge in [0, 0.05) is 25.1 Å². The molecule has 8 nitrogen and oxygen atoms in total. The molecule has 164 valence electrons. The molecule has 1 amide bonds. The molecule has 1 N–H and O–H groups in total. The molecule has 0 saturated carbocycles. The summed E-state index contributed by atoms with van der Waals surface area (Å²) >= 11 is 0. The second-order valence-electron chi connectivity index (χ2n) is 7.70. The fourth-order valence-corrected chi connectivity index (χ4v) is 3.37. The standard InChI is InChI=1S/C22H26N4O4S/c1-15(2)22-24-20(25-30-22)13-16-5-9-18(10-6-16)23-21(27)14-17-7-11-19(12-8-17)26(3)31(4,28)29/h5-12,15H,13-14H2,1-4H3,(H,23,27). The molecule has 0 atom stereocenters. The Kier molecular flexibility index (Phi) is 6.74. The fraction of sp³-hybridized carbons (Fsp3) is 0.318. The molecule has 3 aromatic rings. The summed E-state index contributed by atoms with van der Waals surface area (Å²) in [5.41, 5.74) is 3.04. The Morgan fingerprint density at radius 3 is 2.23 bits per heavy atom. The van der Waals surface area contributed by atoms with Crippen molar-refractivity contribution in [1.29, 1.82) is 0 Å². The van der Waals surface area contributed by atoms with Crippen LogP contribution in [0.1, 0.15) is 42.6 Å². The third-order valence-electron chi connectivity index (χ3n) is 4.74. The van der Waals surface area contributed by atoms with Crippen molar-refractivity contribution in [2.45, 2.75) is 32.6 Å². The maximum Gasteiger partial charge on any atom is 0.231 e. The minimum Gasteiger partial charge on any atom is -0.339 e. The van der Waals surface area contributed by atoms with Gasteiger partial charge >= 0.3 is 0 Å². The summed E-state index contributed by atoms with van der Waals surface area (Å²) in [6.45, 7) is 3.99. The number of nitrogens with zero attached hydrogens (tertiary/aromatic N) is 3. The molecule has 9 heteroatoms. The number of nitrogens with one attached hydrogen (secondary N) is 1. The number of anilines is 2. The number of carbonyl (C=O) groups excluding carboxylic acids is 1. The monoisotopic (exact) mass is 442 g/mol. The summed E-state index contributed by atoms with van der Waals surface area (Å²) in [6, 6.07) is 14.4. The van der Waals surface area contributed by atoms with E-state index >= 15 is 0 Å². The molecule has 0 spiro atoms. The highest BCUT2D eigenvalue weighted by molar-refractivity contribution is 7.92.